The summed E-state index contributed by atoms with van der Waals surface area (Å²) in [5.74, 6) is -4.14. The molecule has 21 heavy (non-hydrogen) atoms. The maximum atomic E-state index is 13.9. The number of alkyl halides is 3. The lowest BCUT2D eigenvalue weighted by Gasteiger charge is -2.20. The largest absolute Gasteiger partial charge is 0.394 e. The summed E-state index contributed by atoms with van der Waals surface area (Å²) >= 11 is 2.98. The fourth-order valence-electron chi connectivity index (χ4n) is 1.96. The molecule has 0 spiro atoms. The van der Waals surface area contributed by atoms with E-state index in [2.05, 4.69) is 20.9 Å². The van der Waals surface area contributed by atoms with Crippen molar-refractivity contribution in [3.63, 3.8) is 0 Å². The average Bonchev–Trinajstić information content (AvgIpc) is 2.65. The molecule has 3 atom stereocenters. The highest BCUT2D eigenvalue weighted by atomic mass is 79.9. The van der Waals surface area contributed by atoms with Crippen molar-refractivity contribution in [2.45, 2.75) is 24.4 Å². The van der Waals surface area contributed by atoms with Gasteiger partial charge in [0.25, 0.3) is 0 Å². The summed E-state index contributed by atoms with van der Waals surface area (Å²) in [5, 5.41) is 8.85. The van der Waals surface area contributed by atoms with E-state index in [0.29, 0.717) is 4.57 Å². The number of nitrogen functional groups attached to an aromatic ring is 1. The Balaban J connectivity index is 2.51. The Kier molecular flexibility index (Phi) is 4.40. The van der Waals surface area contributed by atoms with E-state index in [-0.39, 0.29) is 11.4 Å². The van der Waals surface area contributed by atoms with Crippen molar-refractivity contribution in [1.29, 1.82) is 0 Å². The van der Waals surface area contributed by atoms with Gasteiger partial charge >= 0.3 is 11.6 Å². The molecule has 0 aromatic carbocycles. The Morgan fingerprint density at radius 2 is 2.29 bits per heavy atom. The minimum atomic E-state index is -3.98. The number of aromatic nitrogens is 2. The predicted octanol–water partition coefficient (Wildman–Crippen LogP) is 1.05. The van der Waals surface area contributed by atoms with Crippen LogP contribution in [0.5, 0.6) is 0 Å². The molecule has 10 heteroatoms. The van der Waals surface area contributed by atoms with Gasteiger partial charge in [-0.2, -0.15) is 13.8 Å². The number of halogens is 4. The first kappa shape index (κ1) is 16.0. The average molecular weight is 370 g/mol. The normalized spacial score (nSPS) is 28.3. The van der Waals surface area contributed by atoms with Crippen molar-refractivity contribution >= 4 is 27.8 Å². The van der Waals surface area contributed by atoms with Crippen LogP contribution < -0.4 is 11.4 Å². The summed E-state index contributed by atoms with van der Waals surface area (Å²) < 4.78 is 46.5. The molecule has 0 bridgehead atoms. The van der Waals surface area contributed by atoms with Gasteiger partial charge < -0.3 is 15.6 Å². The molecule has 1 aliphatic heterocycles. The van der Waals surface area contributed by atoms with Crippen molar-refractivity contribution in [2.24, 2.45) is 0 Å². The number of hydrogen-bond acceptors (Lipinski definition) is 5. The monoisotopic (exact) mass is 369 g/mol. The van der Waals surface area contributed by atoms with E-state index in [0.717, 1.165) is 6.20 Å². The fraction of sp³-hybridized carbons (Fsp3) is 0.455. The minimum Gasteiger partial charge on any atom is -0.394 e. The van der Waals surface area contributed by atoms with Crippen LogP contribution >= 0.6 is 15.9 Å². The lowest BCUT2D eigenvalue weighted by Crippen LogP contribution is -2.40. The van der Waals surface area contributed by atoms with Gasteiger partial charge in [-0.3, -0.25) is 4.57 Å². The van der Waals surface area contributed by atoms with E-state index >= 15 is 0 Å². The van der Waals surface area contributed by atoms with Gasteiger partial charge in [-0.05, 0) is 11.1 Å². The highest BCUT2D eigenvalue weighted by molar-refractivity contribution is 9.11. The van der Waals surface area contributed by atoms with Gasteiger partial charge in [-0.25, -0.2) is 9.18 Å². The Labute approximate surface area is 125 Å². The number of nitrogens with zero attached hydrogens (tertiary/aromatic N) is 2. The van der Waals surface area contributed by atoms with Crippen molar-refractivity contribution in [3.05, 3.63) is 27.2 Å². The van der Waals surface area contributed by atoms with E-state index in [9.17, 15) is 18.0 Å². The summed E-state index contributed by atoms with van der Waals surface area (Å²) in [6.07, 6.45) is -4.28. The minimum absolute atomic E-state index is 0.163. The number of aliphatic hydroxyl groups excluding tert-OH is 1. The SMILES string of the molecule is Nc1nc(=O)n(C2OC(CO)C(F)C2(F)F)cc1C=CBr. The molecule has 3 unspecified atom stereocenters. The summed E-state index contributed by atoms with van der Waals surface area (Å²) in [5.41, 5.74) is 4.56. The molecular formula is C11H11BrF3N3O3. The third-order valence-corrected chi connectivity index (χ3v) is 3.28. The Hall–Kier alpha value is -1.39. The van der Waals surface area contributed by atoms with E-state index < -0.39 is 36.7 Å². The van der Waals surface area contributed by atoms with E-state index in [4.69, 9.17) is 15.6 Å². The maximum Gasteiger partial charge on any atom is 0.351 e. The molecule has 1 aromatic rings. The van der Waals surface area contributed by atoms with Crippen molar-refractivity contribution in [2.75, 3.05) is 12.3 Å². The van der Waals surface area contributed by atoms with Crippen LogP contribution in [0.1, 0.15) is 11.8 Å². The lowest BCUT2D eigenvalue weighted by molar-refractivity contribution is -0.130. The first-order valence-corrected chi connectivity index (χ1v) is 6.68. The van der Waals surface area contributed by atoms with Crippen LogP contribution in [0, 0.1) is 0 Å². The van der Waals surface area contributed by atoms with Gasteiger partial charge in [0.15, 0.2) is 6.17 Å². The smallest absolute Gasteiger partial charge is 0.351 e. The first-order valence-electron chi connectivity index (χ1n) is 5.76. The van der Waals surface area contributed by atoms with Crippen LogP contribution in [0.25, 0.3) is 6.08 Å². The number of rotatable bonds is 3. The van der Waals surface area contributed by atoms with Gasteiger partial charge in [0, 0.05) is 11.8 Å². The molecule has 116 valence electrons. The number of aliphatic hydroxyl groups is 1. The Bertz CT molecular complexity index is 622. The molecule has 1 aromatic heterocycles. The van der Waals surface area contributed by atoms with E-state index in [1.165, 1.54) is 11.1 Å². The van der Waals surface area contributed by atoms with Crippen LogP contribution in [0.4, 0.5) is 19.0 Å². The molecule has 0 amide bonds. The lowest BCUT2D eigenvalue weighted by atomic mass is 10.1. The van der Waals surface area contributed by atoms with Gasteiger partial charge in [0.1, 0.15) is 11.9 Å². The van der Waals surface area contributed by atoms with Crippen molar-refractivity contribution in [1.82, 2.24) is 9.55 Å². The predicted molar refractivity (Wildman–Crippen MR) is 71.7 cm³/mol. The molecule has 0 saturated carbocycles. The number of ether oxygens (including phenoxy) is 1. The molecule has 3 N–H and O–H groups in total. The summed E-state index contributed by atoms with van der Waals surface area (Å²) in [6, 6.07) is 0. The highest BCUT2D eigenvalue weighted by Crippen LogP contribution is 2.43. The molecule has 1 saturated heterocycles. The second kappa shape index (κ2) is 5.78. The van der Waals surface area contributed by atoms with Crippen LogP contribution in [0.3, 0.4) is 0 Å². The quantitative estimate of drug-likeness (QED) is 0.831. The zero-order valence-electron chi connectivity index (χ0n) is 10.4. The van der Waals surface area contributed by atoms with Crippen LogP contribution in [-0.4, -0.2) is 39.5 Å². The van der Waals surface area contributed by atoms with Gasteiger partial charge in [0.2, 0.25) is 6.23 Å². The fourth-order valence-corrected chi connectivity index (χ4v) is 2.24. The van der Waals surface area contributed by atoms with Gasteiger partial charge in [-0.1, -0.05) is 15.9 Å². The van der Waals surface area contributed by atoms with Gasteiger partial charge in [0.05, 0.1) is 6.61 Å². The second-order valence-electron chi connectivity index (χ2n) is 4.35. The third-order valence-electron chi connectivity index (χ3n) is 3.01. The molecule has 6 nitrogen and oxygen atoms in total. The number of hydrogen-bond donors (Lipinski definition) is 2. The molecule has 0 aliphatic carbocycles. The maximum absolute atomic E-state index is 13.9. The van der Waals surface area contributed by atoms with Crippen molar-refractivity contribution < 1.29 is 23.0 Å². The van der Waals surface area contributed by atoms with Gasteiger partial charge in [-0.15, -0.1) is 0 Å². The molecular weight excluding hydrogens is 359 g/mol. The molecule has 2 rings (SSSR count). The Morgan fingerprint density at radius 3 is 2.81 bits per heavy atom. The topological polar surface area (TPSA) is 90.4 Å². The molecule has 1 aliphatic rings. The van der Waals surface area contributed by atoms with E-state index in [1.54, 1.807) is 0 Å². The van der Waals surface area contributed by atoms with Crippen LogP contribution in [0.2, 0.25) is 0 Å². The van der Waals surface area contributed by atoms with Crippen LogP contribution in [-0.2, 0) is 4.74 Å². The summed E-state index contributed by atoms with van der Waals surface area (Å²) in [7, 11) is 0. The Morgan fingerprint density at radius 1 is 1.62 bits per heavy atom. The molecule has 2 heterocycles. The van der Waals surface area contributed by atoms with E-state index in [1.807, 2.05) is 0 Å². The van der Waals surface area contributed by atoms with Crippen molar-refractivity contribution in [3.8, 4) is 0 Å². The zero-order valence-corrected chi connectivity index (χ0v) is 12.0. The standard InChI is InChI=1S/C11H11BrF3N3O3/c12-2-1-5-3-18(10(20)17-8(5)16)9-11(14,15)7(13)6(4-19)21-9/h1-3,6-7,9,19H,4H2,(H2,16,17,20). The zero-order chi connectivity index (χ0) is 15.8. The second-order valence-corrected chi connectivity index (χ2v) is 4.88. The summed E-state index contributed by atoms with van der Waals surface area (Å²) in [4.78, 5) is 16.5. The van der Waals surface area contributed by atoms with Crippen LogP contribution in [0.15, 0.2) is 16.0 Å². The summed E-state index contributed by atoms with van der Waals surface area (Å²) in [6.45, 7) is -0.932. The molecule has 0 radical (unpaired) electrons. The highest BCUT2D eigenvalue weighted by Gasteiger charge is 2.60. The number of nitrogens with two attached hydrogens (primary N) is 1. The first-order chi connectivity index (χ1) is 9.82. The third kappa shape index (κ3) is 2.70. The number of anilines is 1. The molecule has 1 fully saturated rings.